The summed E-state index contributed by atoms with van der Waals surface area (Å²) >= 11 is 12.3. The van der Waals surface area contributed by atoms with Crippen molar-refractivity contribution in [1.29, 1.82) is 0 Å². The van der Waals surface area contributed by atoms with Crippen LogP contribution in [0.3, 0.4) is 0 Å². The van der Waals surface area contributed by atoms with Gasteiger partial charge in [0, 0.05) is 25.3 Å². The lowest BCUT2D eigenvalue weighted by atomic mass is 10.1. The highest BCUT2D eigenvalue weighted by Crippen LogP contribution is 2.39. The van der Waals surface area contributed by atoms with Gasteiger partial charge in [0.1, 0.15) is 5.75 Å². The largest absolute Gasteiger partial charge is 0.479 e. The van der Waals surface area contributed by atoms with E-state index in [1.165, 1.54) is 19.1 Å². The van der Waals surface area contributed by atoms with Gasteiger partial charge in [-0.25, -0.2) is 9.48 Å². The fourth-order valence-corrected chi connectivity index (χ4v) is 2.84. The maximum Gasteiger partial charge on any atom is 0.344 e. The number of aromatic nitrogens is 2. The van der Waals surface area contributed by atoms with Gasteiger partial charge in [0.25, 0.3) is 0 Å². The molecule has 0 aliphatic heterocycles. The van der Waals surface area contributed by atoms with Gasteiger partial charge < -0.3 is 19.7 Å². The third kappa shape index (κ3) is 4.60. The number of benzene rings is 1. The summed E-state index contributed by atoms with van der Waals surface area (Å²) in [5.41, 5.74) is 1.64. The second-order valence-electron chi connectivity index (χ2n) is 5.73. The summed E-state index contributed by atoms with van der Waals surface area (Å²) in [7, 11) is 1.73. The second kappa shape index (κ2) is 8.62. The van der Waals surface area contributed by atoms with E-state index >= 15 is 0 Å². The minimum Gasteiger partial charge on any atom is -0.479 e. The first-order valence-corrected chi connectivity index (χ1v) is 8.69. The molecule has 0 aliphatic rings. The number of aliphatic hydroxyl groups is 1. The van der Waals surface area contributed by atoms with Gasteiger partial charge >= 0.3 is 5.97 Å². The fraction of sp³-hybridized carbons (Fsp3) is 0.412. The van der Waals surface area contributed by atoms with Crippen molar-refractivity contribution >= 4 is 29.2 Å². The maximum atomic E-state index is 11.0. The van der Waals surface area contributed by atoms with Crippen molar-refractivity contribution in [2.45, 2.75) is 32.8 Å². The number of carbonyl (C=O) groups is 1. The van der Waals surface area contributed by atoms with Gasteiger partial charge in [-0.05, 0) is 32.8 Å². The number of hydrogen-bond acceptors (Lipinski definition) is 5. The van der Waals surface area contributed by atoms with Crippen LogP contribution in [0, 0.1) is 6.92 Å². The number of hydrogen-bond donors (Lipinski definition) is 2. The highest BCUT2D eigenvalue weighted by atomic mass is 35.5. The van der Waals surface area contributed by atoms with E-state index in [9.17, 15) is 4.79 Å². The monoisotopic (exact) mass is 402 g/mol. The van der Waals surface area contributed by atoms with E-state index < -0.39 is 12.1 Å². The van der Waals surface area contributed by atoms with Crippen molar-refractivity contribution in [3.8, 4) is 17.4 Å². The Bertz CT molecular complexity index is 807. The molecule has 0 aliphatic carbocycles. The Kier molecular flexibility index (Phi) is 6.75. The molecule has 0 bridgehead atoms. The molecule has 2 N–H and O–H groups in total. The Labute approximate surface area is 161 Å². The van der Waals surface area contributed by atoms with Crippen LogP contribution in [0.2, 0.25) is 10.0 Å². The molecule has 0 spiro atoms. The number of nitrogens with zero attached hydrogens (tertiary/aromatic N) is 2. The normalized spacial score (nSPS) is 12.1. The topological polar surface area (TPSA) is 93.8 Å². The van der Waals surface area contributed by atoms with Gasteiger partial charge in [-0.3, -0.25) is 0 Å². The number of rotatable bonds is 8. The van der Waals surface area contributed by atoms with E-state index in [0.717, 1.165) is 11.3 Å². The molecule has 1 aromatic heterocycles. The summed E-state index contributed by atoms with van der Waals surface area (Å²) in [4.78, 5) is 11.0. The SMILES string of the molecule is Cc1nn(C)c(Oc2cc(O[C@@H](C)C(=O)O)c(Cl)cc2Cl)c1CCCO. The molecule has 0 radical (unpaired) electrons. The molecule has 1 aromatic carbocycles. The van der Waals surface area contributed by atoms with Crippen molar-refractivity contribution in [1.82, 2.24) is 9.78 Å². The minimum atomic E-state index is -1.12. The Morgan fingerprint density at radius 1 is 1.31 bits per heavy atom. The third-order valence-electron chi connectivity index (χ3n) is 3.72. The third-order valence-corrected chi connectivity index (χ3v) is 4.31. The van der Waals surface area contributed by atoms with E-state index in [1.54, 1.807) is 11.7 Å². The molecule has 2 aromatic rings. The van der Waals surface area contributed by atoms with E-state index in [4.69, 9.17) is 42.9 Å². The summed E-state index contributed by atoms with van der Waals surface area (Å²) < 4.78 is 12.8. The second-order valence-corrected chi connectivity index (χ2v) is 6.55. The maximum absolute atomic E-state index is 11.0. The molecule has 0 amide bonds. The average Bonchev–Trinajstić information content (AvgIpc) is 2.83. The number of halogens is 2. The Morgan fingerprint density at radius 2 is 1.96 bits per heavy atom. The summed E-state index contributed by atoms with van der Waals surface area (Å²) in [6.07, 6.45) is 0.0817. The Morgan fingerprint density at radius 3 is 2.58 bits per heavy atom. The van der Waals surface area contributed by atoms with Crippen LogP contribution in [0.5, 0.6) is 17.4 Å². The molecule has 1 heterocycles. The number of ether oxygens (including phenoxy) is 2. The molecule has 0 fully saturated rings. The highest BCUT2D eigenvalue weighted by Gasteiger charge is 2.20. The van der Waals surface area contributed by atoms with Crippen molar-refractivity contribution in [3.05, 3.63) is 33.4 Å². The van der Waals surface area contributed by atoms with Gasteiger partial charge in [-0.2, -0.15) is 5.10 Å². The lowest BCUT2D eigenvalue weighted by molar-refractivity contribution is -0.144. The van der Waals surface area contributed by atoms with E-state index in [0.29, 0.717) is 18.7 Å². The van der Waals surface area contributed by atoms with Crippen LogP contribution < -0.4 is 9.47 Å². The Hall–Kier alpha value is -1.96. The van der Waals surface area contributed by atoms with Crippen molar-refractivity contribution < 1.29 is 24.5 Å². The molecular formula is C17H20Cl2N2O5. The first kappa shape index (κ1) is 20.4. The quantitative estimate of drug-likeness (QED) is 0.700. The van der Waals surface area contributed by atoms with Crippen LogP contribution in [0.1, 0.15) is 24.6 Å². The van der Waals surface area contributed by atoms with Gasteiger partial charge in [-0.1, -0.05) is 23.2 Å². The van der Waals surface area contributed by atoms with Crippen molar-refractivity contribution in [2.75, 3.05) is 6.61 Å². The average molecular weight is 403 g/mol. The predicted molar refractivity (Wildman–Crippen MR) is 97.6 cm³/mol. The van der Waals surface area contributed by atoms with E-state index in [-0.39, 0.29) is 28.2 Å². The van der Waals surface area contributed by atoms with Crippen LogP contribution in [-0.2, 0) is 18.3 Å². The molecule has 2 rings (SSSR count). The molecule has 9 heteroatoms. The van der Waals surface area contributed by atoms with Crippen molar-refractivity contribution in [2.24, 2.45) is 7.05 Å². The molecule has 0 unspecified atom stereocenters. The van der Waals surface area contributed by atoms with E-state index in [2.05, 4.69) is 5.10 Å². The fourth-order valence-electron chi connectivity index (χ4n) is 2.38. The summed E-state index contributed by atoms with van der Waals surface area (Å²) in [6.45, 7) is 3.30. The van der Waals surface area contributed by atoms with Gasteiger partial charge in [0.05, 0.1) is 15.7 Å². The van der Waals surface area contributed by atoms with Crippen LogP contribution >= 0.6 is 23.2 Å². The van der Waals surface area contributed by atoms with Crippen LogP contribution in [0.4, 0.5) is 0 Å². The zero-order chi connectivity index (χ0) is 19.4. The first-order chi connectivity index (χ1) is 12.2. The van der Waals surface area contributed by atoms with Gasteiger partial charge in [0.2, 0.25) is 5.88 Å². The van der Waals surface area contributed by atoms with Crippen LogP contribution in [-0.4, -0.2) is 38.7 Å². The summed E-state index contributed by atoms with van der Waals surface area (Å²) in [5.74, 6) is -0.224. The molecule has 1 atom stereocenters. The highest BCUT2D eigenvalue weighted by molar-refractivity contribution is 6.36. The zero-order valence-corrected chi connectivity index (χ0v) is 16.1. The number of carboxylic acid groups (broad SMARTS) is 1. The Balaban J connectivity index is 2.36. The summed E-state index contributed by atoms with van der Waals surface area (Å²) in [5, 5.41) is 22.8. The van der Waals surface area contributed by atoms with Crippen LogP contribution in [0.15, 0.2) is 12.1 Å². The lowest BCUT2D eigenvalue weighted by Crippen LogP contribution is -2.23. The van der Waals surface area contributed by atoms with Gasteiger partial charge in [0.15, 0.2) is 11.9 Å². The standard InChI is InChI=1S/C17H20Cl2N2O5/c1-9-11(5-4-6-22)16(21(3)20-9)26-15-8-14(12(18)7-13(15)19)25-10(2)17(23)24/h7-8,10,22H,4-6H2,1-3H3,(H,23,24)/t10-/m0/s1. The number of aliphatic hydroxyl groups excluding tert-OH is 1. The van der Waals surface area contributed by atoms with Crippen molar-refractivity contribution in [3.63, 3.8) is 0 Å². The molecule has 0 saturated heterocycles. The lowest BCUT2D eigenvalue weighted by Gasteiger charge is -2.15. The molecule has 26 heavy (non-hydrogen) atoms. The number of carboxylic acids is 1. The molecule has 7 nitrogen and oxygen atoms in total. The van der Waals surface area contributed by atoms with Gasteiger partial charge in [-0.15, -0.1) is 0 Å². The number of aryl methyl sites for hydroxylation is 2. The molecule has 142 valence electrons. The smallest absolute Gasteiger partial charge is 0.344 e. The first-order valence-electron chi connectivity index (χ1n) is 7.94. The van der Waals surface area contributed by atoms with E-state index in [1.807, 2.05) is 6.92 Å². The predicted octanol–water partition coefficient (Wildman–Crippen LogP) is 3.60. The molecule has 0 saturated carbocycles. The molecular weight excluding hydrogens is 383 g/mol. The zero-order valence-electron chi connectivity index (χ0n) is 14.6. The summed E-state index contributed by atoms with van der Waals surface area (Å²) in [6, 6.07) is 2.88. The number of aliphatic carboxylic acids is 1. The van der Waals surface area contributed by atoms with Crippen LogP contribution in [0.25, 0.3) is 0 Å². The minimum absolute atomic E-state index is 0.0561.